The third-order valence-corrected chi connectivity index (χ3v) is 8.99. The van der Waals surface area contributed by atoms with E-state index in [1.54, 1.807) is 6.92 Å². The molecule has 6 aliphatic carbocycles. The third kappa shape index (κ3) is 3.35. The average molecular weight is 401 g/mol. The fourth-order valence-corrected chi connectivity index (χ4v) is 7.76. The minimum absolute atomic E-state index is 0.00864. The normalized spacial score (nSPS) is 43.5. The van der Waals surface area contributed by atoms with Crippen LogP contribution in [0.3, 0.4) is 0 Å². The second kappa shape index (κ2) is 7.42. The molecule has 0 aromatic rings. The first-order valence-corrected chi connectivity index (χ1v) is 12.0. The topological polar surface area (TPSA) is 52.6 Å². The van der Waals surface area contributed by atoms with Crippen molar-refractivity contribution in [2.45, 2.75) is 95.7 Å². The lowest BCUT2D eigenvalue weighted by atomic mass is 9.46. The summed E-state index contributed by atoms with van der Waals surface area (Å²) in [5.74, 6) is 3.03. The van der Waals surface area contributed by atoms with Gasteiger partial charge in [-0.3, -0.25) is 4.79 Å². The highest BCUT2D eigenvalue weighted by Gasteiger charge is 2.63. The highest BCUT2D eigenvalue weighted by molar-refractivity contribution is 5.87. The number of carbonyl (C=O) groups is 2. The Morgan fingerprint density at radius 1 is 0.828 bits per heavy atom. The van der Waals surface area contributed by atoms with Crippen LogP contribution in [0.4, 0.5) is 0 Å². The highest BCUT2D eigenvalue weighted by Crippen LogP contribution is 2.63. The zero-order valence-corrected chi connectivity index (χ0v) is 17.9. The fraction of sp³-hybridized carbons (Fsp3) is 0.840. The van der Waals surface area contributed by atoms with E-state index in [1.165, 1.54) is 64.2 Å². The van der Waals surface area contributed by atoms with E-state index < -0.39 is 0 Å². The molecule has 6 saturated carbocycles. The van der Waals surface area contributed by atoms with Crippen LogP contribution in [0, 0.1) is 35.5 Å². The van der Waals surface area contributed by atoms with Gasteiger partial charge in [-0.15, -0.1) is 0 Å². The summed E-state index contributed by atoms with van der Waals surface area (Å²) in [4.78, 5) is 25.0. The van der Waals surface area contributed by atoms with Crippen LogP contribution in [-0.2, 0) is 19.1 Å². The van der Waals surface area contributed by atoms with Crippen LogP contribution in [0.5, 0.6) is 0 Å². The highest BCUT2D eigenvalue weighted by atomic mass is 16.6. The zero-order valence-electron chi connectivity index (χ0n) is 17.9. The number of ether oxygens (including phenoxy) is 2. The smallest absolute Gasteiger partial charge is 0.333 e. The molecule has 0 aliphatic heterocycles. The molecule has 0 heterocycles. The summed E-state index contributed by atoms with van der Waals surface area (Å²) in [6.45, 7) is 5.29. The molecule has 0 N–H and O–H groups in total. The van der Waals surface area contributed by atoms with Gasteiger partial charge in [0.15, 0.2) is 0 Å². The number of hydrogen-bond donors (Lipinski definition) is 0. The SMILES string of the molecule is C=C(C)C(=O)OC1CC(C(=O)OC2(C3CCCCC3)C3CC4CC(C3)CC2C4)C1. The van der Waals surface area contributed by atoms with Gasteiger partial charge in [0.1, 0.15) is 11.7 Å². The van der Waals surface area contributed by atoms with Crippen molar-refractivity contribution in [1.82, 2.24) is 0 Å². The van der Waals surface area contributed by atoms with Crippen molar-refractivity contribution in [3.05, 3.63) is 12.2 Å². The summed E-state index contributed by atoms with van der Waals surface area (Å²) < 4.78 is 12.1. The standard InChI is InChI=1S/C25H36O4/c1-15(2)23(26)28-22-13-18(14-22)24(27)29-25(19-6-4-3-5-7-19)20-9-16-8-17(11-20)12-21(25)10-16/h16-22H,1,3-14H2,2H3. The van der Waals surface area contributed by atoms with Gasteiger partial charge in [-0.25, -0.2) is 4.79 Å². The van der Waals surface area contributed by atoms with Gasteiger partial charge in [-0.2, -0.15) is 0 Å². The van der Waals surface area contributed by atoms with Crippen molar-refractivity contribution in [2.24, 2.45) is 35.5 Å². The molecular weight excluding hydrogens is 364 g/mol. The predicted octanol–water partition coefficient (Wildman–Crippen LogP) is 5.20. The second-order valence-electron chi connectivity index (χ2n) is 10.9. The van der Waals surface area contributed by atoms with Gasteiger partial charge in [0.25, 0.3) is 0 Å². The van der Waals surface area contributed by atoms with Crippen molar-refractivity contribution >= 4 is 11.9 Å². The monoisotopic (exact) mass is 400 g/mol. The first-order valence-electron chi connectivity index (χ1n) is 12.0. The average Bonchev–Trinajstić information content (AvgIpc) is 2.67. The largest absolute Gasteiger partial charge is 0.459 e. The summed E-state index contributed by atoms with van der Waals surface area (Å²) in [6.07, 6.45) is 14.0. The fourth-order valence-electron chi connectivity index (χ4n) is 7.76. The van der Waals surface area contributed by atoms with Crippen LogP contribution in [0.15, 0.2) is 12.2 Å². The number of carbonyl (C=O) groups excluding carboxylic acids is 2. The first kappa shape index (κ1) is 19.6. The maximum absolute atomic E-state index is 13.3. The Labute approximate surface area is 174 Å². The lowest BCUT2D eigenvalue weighted by Crippen LogP contribution is -2.64. The molecule has 0 unspecified atom stereocenters. The Morgan fingerprint density at radius 2 is 1.41 bits per heavy atom. The van der Waals surface area contributed by atoms with Crippen molar-refractivity contribution < 1.29 is 19.1 Å². The van der Waals surface area contributed by atoms with Gasteiger partial charge in [-0.05, 0) is 94.3 Å². The van der Waals surface area contributed by atoms with Gasteiger partial charge >= 0.3 is 11.9 Å². The van der Waals surface area contributed by atoms with E-state index in [2.05, 4.69) is 6.58 Å². The van der Waals surface area contributed by atoms with E-state index in [4.69, 9.17) is 9.47 Å². The summed E-state index contributed by atoms with van der Waals surface area (Å²) in [7, 11) is 0. The van der Waals surface area contributed by atoms with Gasteiger partial charge < -0.3 is 9.47 Å². The van der Waals surface area contributed by atoms with E-state index in [9.17, 15) is 9.59 Å². The molecule has 0 radical (unpaired) electrons. The third-order valence-electron chi connectivity index (χ3n) is 8.99. The molecule has 6 rings (SSSR count). The molecule has 0 amide bonds. The number of rotatable bonds is 5. The van der Waals surface area contributed by atoms with Crippen molar-refractivity contribution in [2.75, 3.05) is 0 Å². The van der Waals surface area contributed by atoms with E-state index in [-0.39, 0.29) is 29.6 Å². The van der Waals surface area contributed by atoms with Crippen LogP contribution >= 0.6 is 0 Å². The second-order valence-corrected chi connectivity index (χ2v) is 10.9. The Hall–Kier alpha value is -1.32. The summed E-state index contributed by atoms with van der Waals surface area (Å²) >= 11 is 0. The van der Waals surface area contributed by atoms with Crippen LogP contribution in [0.2, 0.25) is 0 Å². The minimum atomic E-state index is -0.346. The maximum Gasteiger partial charge on any atom is 0.333 e. The molecule has 4 bridgehead atoms. The van der Waals surface area contributed by atoms with E-state index in [0.29, 0.717) is 36.2 Å². The maximum atomic E-state index is 13.3. The van der Waals surface area contributed by atoms with Gasteiger partial charge in [-0.1, -0.05) is 25.8 Å². The molecule has 0 aromatic carbocycles. The van der Waals surface area contributed by atoms with Gasteiger partial charge in [0.05, 0.1) is 5.92 Å². The molecule has 4 heteroatoms. The van der Waals surface area contributed by atoms with Crippen molar-refractivity contribution in [3.63, 3.8) is 0 Å². The number of esters is 2. The Balaban J connectivity index is 1.29. The molecule has 6 fully saturated rings. The van der Waals surface area contributed by atoms with Crippen LogP contribution in [0.25, 0.3) is 0 Å². The lowest BCUT2D eigenvalue weighted by Gasteiger charge is -2.63. The molecule has 4 nitrogen and oxygen atoms in total. The van der Waals surface area contributed by atoms with Crippen molar-refractivity contribution in [1.29, 1.82) is 0 Å². The van der Waals surface area contributed by atoms with Crippen LogP contribution in [0.1, 0.15) is 84.0 Å². The molecule has 0 spiro atoms. The van der Waals surface area contributed by atoms with Gasteiger partial charge in [0, 0.05) is 5.57 Å². The molecule has 6 aliphatic rings. The summed E-state index contributed by atoms with van der Waals surface area (Å²) in [5, 5.41) is 0. The number of hydrogen-bond acceptors (Lipinski definition) is 4. The molecule has 160 valence electrons. The Kier molecular flexibility index (Phi) is 5.03. The van der Waals surface area contributed by atoms with Crippen molar-refractivity contribution in [3.8, 4) is 0 Å². The molecule has 29 heavy (non-hydrogen) atoms. The predicted molar refractivity (Wildman–Crippen MR) is 110 cm³/mol. The Bertz CT molecular complexity index is 649. The van der Waals surface area contributed by atoms with E-state index >= 15 is 0 Å². The minimum Gasteiger partial charge on any atom is -0.459 e. The van der Waals surface area contributed by atoms with Gasteiger partial charge in [0.2, 0.25) is 0 Å². The first-order chi connectivity index (χ1) is 14.0. The zero-order chi connectivity index (χ0) is 20.2. The summed E-state index contributed by atoms with van der Waals surface area (Å²) in [6, 6.07) is 0. The Morgan fingerprint density at radius 3 is 1.97 bits per heavy atom. The molecular formula is C25H36O4. The van der Waals surface area contributed by atoms with Crippen LogP contribution in [-0.4, -0.2) is 23.6 Å². The summed E-state index contributed by atoms with van der Waals surface area (Å²) in [5.41, 5.74) is 0.227. The quantitative estimate of drug-likeness (QED) is 0.470. The van der Waals surface area contributed by atoms with E-state index in [0.717, 1.165) is 11.8 Å². The molecule has 0 atom stereocenters. The lowest BCUT2D eigenvalue weighted by molar-refractivity contribution is -0.239. The van der Waals surface area contributed by atoms with E-state index in [1.807, 2.05) is 0 Å². The molecule has 0 saturated heterocycles. The molecule has 0 aromatic heterocycles. The van der Waals surface area contributed by atoms with Crippen LogP contribution < -0.4 is 0 Å².